The van der Waals surface area contributed by atoms with Crippen LogP contribution in [0.4, 0.5) is 0 Å². The molecule has 4 unspecified atom stereocenters. The van der Waals surface area contributed by atoms with Crippen molar-refractivity contribution in [2.75, 3.05) is 19.8 Å². The number of nitrogens with two attached hydrogens (primary N) is 1. The zero-order valence-corrected chi connectivity index (χ0v) is 33.0. The van der Waals surface area contributed by atoms with E-state index in [0.29, 0.717) is 12.8 Å². The quantitative estimate of drug-likeness (QED) is 0.0311. The molecular formula is C39H81N2O7P. The molecule has 0 aromatic heterocycles. The summed E-state index contributed by atoms with van der Waals surface area (Å²) in [5, 5.41) is 24.1. The van der Waals surface area contributed by atoms with E-state index >= 15 is 0 Å². The van der Waals surface area contributed by atoms with E-state index in [0.717, 1.165) is 38.5 Å². The van der Waals surface area contributed by atoms with E-state index in [4.69, 9.17) is 14.8 Å². The van der Waals surface area contributed by atoms with Crippen molar-refractivity contribution in [2.45, 2.75) is 225 Å². The van der Waals surface area contributed by atoms with Crippen LogP contribution in [0.3, 0.4) is 0 Å². The Bertz CT molecular complexity index is 761. The monoisotopic (exact) mass is 721 g/mol. The van der Waals surface area contributed by atoms with E-state index in [1.54, 1.807) is 0 Å². The van der Waals surface area contributed by atoms with Crippen molar-refractivity contribution in [3.05, 3.63) is 0 Å². The number of hydrogen-bond acceptors (Lipinski definition) is 7. The van der Waals surface area contributed by atoms with E-state index in [1.165, 1.54) is 135 Å². The second-order valence-electron chi connectivity index (χ2n) is 14.4. The molecule has 1 amide bonds. The normalized spacial score (nSPS) is 14.8. The lowest BCUT2D eigenvalue weighted by Gasteiger charge is -2.25. The molecule has 0 bridgehead atoms. The number of carbonyl (C=O) groups excluding carboxylic acids is 1. The lowest BCUT2D eigenvalue weighted by atomic mass is 10.0. The summed E-state index contributed by atoms with van der Waals surface area (Å²) in [6.07, 6.45) is 32.8. The van der Waals surface area contributed by atoms with Crippen LogP contribution in [0, 0.1) is 0 Å². The summed E-state index contributed by atoms with van der Waals surface area (Å²) in [7, 11) is -4.37. The van der Waals surface area contributed by atoms with Gasteiger partial charge in [0.25, 0.3) is 0 Å². The Morgan fingerprint density at radius 3 is 1.37 bits per heavy atom. The fourth-order valence-corrected chi connectivity index (χ4v) is 7.12. The van der Waals surface area contributed by atoms with Gasteiger partial charge in [-0.25, -0.2) is 4.57 Å². The Labute approximate surface area is 302 Å². The van der Waals surface area contributed by atoms with Crippen LogP contribution in [0.5, 0.6) is 0 Å². The third-order valence-electron chi connectivity index (χ3n) is 9.52. The number of nitrogens with one attached hydrogen (secondary N) is 1. The van der Waals surface area contributed by atoms with Gasteiger partial charge < -0.3 is 26.2 Å². The minimum absolute atomic E-state index is 0.0625. The first-order valence-corrected chi connectivity index (χ1v) is 22.2. The molecule has 0 aliphatic carbocycles. The average molecular weight is 721 g/mol. The molecular weight excluding hydrogens is 639 g/mol. The predicted molar refractivity (Wildman–Crippen MR) is 205 cm³/mol. The van der Waals surface area contributed by atoms with Crippen molar-refractivity contribution >= 4 is 13.7 Å². The third kappa shape index (κ3) is 34.3. The molecule has 0 saturated carbocycles. The second-order valence-corrected chi connectivity index (χ2v) is 15.9. The van der Waals surface area contributed by atoms with Gasteiger partial charge >= 0.3 is 7.82 Å². The number of unbranched alkanes of at least 4 members (excludes halogenated alkanes) is 25. The first kappa shape index (κ1) is 48.5. The van der Waals surface area contributed by atoms with Crippen LogP contribution in [-0.2, 0) is 18.4 Å². The highest BCUT2D eigenvalue weighted by atomic mass is 31.2. The molecule has 0 saturated heterocycles. The number of phosphoric ester groups is 1. The Morgan fingerprint density at radius 1 is 0.612 bits per heavy atom. The van der Waals surface area contributed by atoms with Crippen LogP contribution in [0.1, 0.15) is 206 Å². The number of phosphoric acid groups is 1. The number of rotatable bonds is 39. The number of carbonyl (C=O) groups is 1. The molecule has 0 rings (SSSR count). The van der Waals surface area contributed by atoms with E-state index in [9.17, 15) is 24.5 Å². The molecule has 0 spiro atoms. The van der Waals surface area contributed by atoms with Gasteiger partial charge in [-0.05, 0) is 12.8 Å². The van der Waals surface area contributed by atoms with E-state index in [2.05, 4.69) is 19.2 Å². The average Bonchev–Trinajstić information content (AvgIpc) is 3.07. The van der Waals surface area contributed by atoms with Crippen LogP contribution < -0.4 is 11.1 Å². The molecule has 0 radical (unpaired) electrons. The van der Waals surface area contributed by atoms with Crippen LogP contribution in [0.25, 0.3) is 0 Å². The summed E-state index contributed by atoms with van der Waals surface area (Å²) in [5.74, 6) is -0.411. The molecule has 49 heavy (non-hydrogen) atoms. The molecule has 9 nitrogen and oxygen atoms in total. The summed E-state index contributed by atoms with van der Waals surface area (Å²) in [5.41, 5.74) is 5.36. The van der Waals surface area contributed by atoms with Gasteiger partial charge in [0.2, 0.25) is 5.91 Å². The predicted octanol–water partition coefficient (Wildman–Crippen LogP) is 10.0. The summed E-state index contributed by atoms with van der Waals surface area (Å²) < 4.78 is 22.1. The van der Waals surface area contributed by atoms with Gasteiger partial charge in [0.15, 0.2) is 0 Å². The van der Waals surface area contributed by atoms with Gasteiger partial charge in [-0.2, -0.15) is 0 Å². The molecule has 6 N–H and O–H groups in total. The lowest BCUT2D eigenvalue weighted by Crippen LogP contribution is -2.47. The molecule has 0 aliphatic rings. The molecule has 10 heteroatoms. The minimum atomic E-state index is -4.37. The van der Waals surface area contributed by atoms with Gasteiger partial charge in [-0.1, -0.05) is 187 Å². The van der Waals surface area contributed by atoms with Crippen LogP contribution in [-0.4, -0.2) is 59.0 Å². The summed E-state index contributed by atoms with van der Waals surface area (Å²) in [6.45, 7) is 4.05. The fourth-order valence-electron chi connectivity index (χ4n) is 6.36. The van der Waals surface area contributed by atoms with Gasteiger partial charge in [-0.15, -0.1) is 0 Å². The maximum absolute atomic E-state index is 12.8. The molecule has 0 heterocycles. The zero-order chi connectivity index (χ0) is 36.3. The molecule has 0 aromatic carbocycles. The van der Waals surface area contributed by atoms with E-state index in [1.807, 2.05) is 0 Å². The van der Waals surface area contributed by atoms with Gasteiger partial charge in [0, 0.05) is 6.54 Å². The maximum Gasteiger partial charge on any atom is 0.472 e. The van der Waals surface area contributed by atoms with Crippen LogP contribution >= 0.6 is 7.82 Å². The minimum Gasteiger partial charge on any atom is -0.393 e. The highest BCUT2D eigenvalue weighted by Gasteiger charge is 2.28. The maximum atomic E-state index is 12.8. The van der Waals surface area contributed by atoms with E-state index < -0.39 is 32.0 Å². The first-order valence-electron chi connectivity index (χ1n) is 20.7. The standard InChI is InChI=1S/C39H81N2O7P/c1-3-5-7-9-11-13-15-16-17-18-19-21-23-25-27-29-31-38(43)37(35-48-49(45,46)47-33-32-40)41-39(44)34-36(42)30-28-26-24-22-20-14-12-10-8-6-4-2/h36-38,42-43H,3-35,40H2,1-2H3,(H,41,44)(H,45,46). The van der Waals surface area contributed by atoms with Crippen molar-refractivity contribution in [1.29, 1.82) is 0 Å². The van der Waals surface area contributed by atoms with Gasteiger partial charge in [0.1, 0.15) is 0 Å². The number of amides is 1. The van der Waals surface area contributed by atoms with Gasteiger partial charge in [-0.3, -0.25) is 13.8 Å². The Balaban J connectivity index is 4.28. The smallest absolute Gasteiger partial charge is 0.393 e. The number of aliphatic hydroxyl groups excluding tert-OH is 2. The summed E-state index contributed by atoms with van der Waals surface area (Å²) in [6, 6.07) is -0.889. The highest BCUT2D eigenvalue weighted by molar-refractivity contribution is 7.47. The van der Waals surface area contributed by atoms with E-state index in [-0.39, 0.29) is 26.2 Å². The molecule has 0 aliphatic heterocycles. The van der Waals surface area contributed by atoms with Crippen molar-refractivity contribution in [1.82, 2.24) is 5.32 Å². The van der Waals surface area contributed by atoms with Crippen LogP contribution in [0.15, 0.2) is 0 Å². The van der Waals surface area contributed by atoms with Crippen LogP contribution in [0.2, 0.25) is 0 Å². The number of aliphatic hydroxyl groups is 2. The molecule has 0 fully saturated rings. The Morgan fingerprint density at radius 2 is 0.980 bits per heavy atom. The highest BCUT2D eigenvalue weighted by Crippen LogP contribution is 2.43. The Kier molecular flexibility index (Phi) is 35.4. The van der Waals surface area contributed by atoms with Gasteiger partial charge in [0.05, 0.1) is 37.9 Å². The van der Waals surface area contributed by atoms with Crippen molar-refractivity contribution in [3.8, 4) is 0 Å². The molecule has 4 atom stereocenters. The Hall–Kier alpha value is -0.540. The lowest BCUT2D eigenvalue weighted by molar-refractivity contribution is -0.125. The van der Waals surface area contributed by atoms with Crippen molar-refractivity contribution < 1.29 is 33.5 Å². The summed E-state index contributed by atoms with van der Waals surface area (Å²) in [4.78, 5) is 22.7. The summed E-state index contributed by atoms with van der Waals surface area (Å²) >= 11 is 0. The molecule has 294 valence electrons. The topological polar surface area (TPSA) is 151 Å². The number of hydrogen-bond donors (Lipinski definition) is 5. The zero-order valence-electron chi connectivity index (χ0n) is 32.1. The third-order valence-corrected chi connectivity index (χ3v) is 10.5. The fraction of sp³-hybridized carbons (Fsp3) is 0.974. The van der Waals surface area contributed by atoms with Crippen molar-refractivity contribution in [3.63, 3.8) is 0 Å². The second kappa shape index (κ2) is 35.8. The first-order chi connectivity index (χ1) is 23.8. The largest absolute Gasteiger partial charge is 0.472 e. The molecule has 0 aromatic rings. The SMILES string of the molecule is CCCCCCCCCCCCCCCCCCC(O)C(COP(=O)(O)OCCN)NC(=O)CC(O)CCCCCCCCCCCCC. The van der Waals surface area contributed by atoms with Crippen molar-refractivity contribution in [2.24, 2.45) is 5.73 Å².